The van der Waals surface area contributed by atoms with Gasteiger partial charge in [-0.2, -0.15) is 0 Å². The van der Waals surface area contributed by atoms with Crippen LogP contribution in [-0.4, -0.2) is 46.1 Å². The van der Waals surface area contributed by atoms with Gasteiger partial charge in [-0.25, -0.2) is 0 Å². The Morgan fingerprint density at radius 3 is 2.45 bits per heavy atom. The maximum Gasteiger partial charge on any atom is 0.282 e. The van der Waals surface area contributed by atoms with Crippen molar-refractivity contribution >= 4 is 34.8 Å². The Bertz CT molecular complexity index is 1150. The van der Waals surface area contributed by atoms with Gasteiger partial charge in [0.1, 0.15) is 11.3 Å². The Morgan fingerprint density at radius 1 is 1.03 bits per heavy atom. The Morgan fingerprint density at radius 2 is 1.79 bits per heavy atom. The van der Waals surface area contributed by atoms with Gasteiger partial charge in [-0.05, 0) is 25.0 Å². The highest BCUT2D eigenvalue weighted by molar-refractivity contribution is 6.23. The van der Waals surface area contributed by atoms with E-state index in [1.807, 2.05) is 0 Å². The van der Waals surface area contributed by atoms with Gasteiger partial charge in [0.15, 0.2) is 0 Å². The minimum Gasteiger partial charge on any atom is -0.495 e. The fourth-order valence-electron chi connectivity index (χ4n) is 3.52. The van der Waals surface area contributed by atoms with Crippen LogP contribution in [0.2, 0.25) is 0 Å². The molecule has 0 aromatic heterocycles. The topological polar surface area (TPSA) is 162 Å². The molecule has 1 aliphatic heterocycles. The number of carbonyl (C=O) groups is 3. The van der Waals surface area contributed by atoms with E-state index < -0.39 is 27.3 Å². The van der Waals surface area contributed by atoms with E-state index in [-0.39, 0.29) is 47.1 Å². The molecule has 0 spiro atoms. The quantitative estimate of drug-likeness (QED) is 0.246. The lowest BCUT2D eigenvalue weighted by molar-refractivity contribution is -0.385. The number of fused-ring (bicyclic) bond motifs is 1. The molecular weight excluding hydrogens is 436 g/mol. The van der Waals surface area contributed by atoms with Crippen LogP contribution in [0.4, 0.5) is 17.1 Å². The fraction of sp³-hybridized carbons (Fsp3) is 0.286. The third-order valence-electron chi connectivity index (χ3n) is 5.13. The SMILES string of the molecule is COc1ccc([N+](=O)[O-])cc1NC(=O)CCCCCN1C(=O)c2cccc([N+](=O)[O-])c2C1=O. The van der Waals surface area contributed by atoms with E-state index in [9.17, 15) is 34.6 Å². The average molecular weight is 456 g/mol. The van der Waals surface area contributed by atoms with Crippen molar-refractivity contribution in [2.24, 2.45) is 0 Å². The highest BCUT2D eigenvalue weighted by Crippen LogP contribution is 2.31. The molecule has 12 nitrogen and oxygen atoms in total. The number of imide groups is 1. The third-order valence-corrected chi connectivity index (χ3v) is 5.13. The standard InChI is InChI=1S/C21H20N4O8/c1-33-17-10-9-13(24(29)30)12-15(17)22-18(26)8-3-2-4-11-23-20(27)14-6-5-7-16(25(31)32)19(14)21(23)28/h5-7,9-10,12H,2-4,8,11H2,1H3,(H,22,26). The Hall–Kier alpha value is -4.35. The van der Waals surface area contributed by atoms with Crippen LogP contribution in [0.5, 0.6) is 5.75 Å². The van der Waals surface area contributed by atoms with E-state index >= 15 is 0 Å². The molecule has 3 rings (SSSR count). The Labute approximate surface area is 187 Å². The zero-order chi connectivity index (χ0) is 24.1. The van der Waals surface area contributed by atoms with Crippen molar-refractivity contribution < 1.29 is 29.0 Å². The summed E-state index contributed by atoms with van der Waals surface area (Å²) in [4.78, 5) is 59.0. The second kappa shape index (κ2) is 9.85. The molecule has 33 heavy (non-hydrogen) atoms. The predicted octanol–water partition coefficient (Wildman–Crippen LogP) is 3.31. The first kappa shape index (κ1) is 23.3. The van der Waals surface area contributed by atoms with Gasteiger partial charge in [-0.15, -0.1) is 0 Å². The van der Waals surface area contributed by atoms with Gasteiger partial charge in [0.05, 0.1) is 28.2 Å². The molecule has 0 bridgehead atoms. The fourth-order valence-corrected chi connectivity index (χ4v) is 3.52. The molecule has 0 aliphatic carbocycles. The van der Waals surface area contributed by atoms with E-state index in [0.717, 1.165) is 4.90 Å². The van der Waals surface area contributed by atoms with Crippen molar-refractivity contribution in [1.82, 2.24) is 4.90 Å². The maximum atomic E-state index is 12.5. The summed E-state index contributed by atoms with van der Waals surface area (Å²) in [6, 6.07) is 7.79. The van der Waals surface area contributed by atoms with E-state index in [1.54, 1.807) is 0 Å². The van der Waals surface area contributed by atoms with E-state index in [1.165, 1.54) is 43.5 Å². The van der Waals surface area contributed by atoms with E-state index in [2.05, 4.69) is 5.32 Å². The van der Waals surface area contributed by atoms with Gasteiger partial charge in [-0.3, -0.25) is 39.5 Å². The summed E-state index contributed by atoms with van der Waals surface area (Å²) in [6.07, 6.45) is 1.47. The first-order valence-corrected chi connectivity index (χ1v) is 10.0. The van der Waals surface area contributed by atoms with Crippen LogP contribution in [-0.2, 0) is 4.79 Å². The first-order chi connectivity index (χ1) is 15.7. The summed E-state index contributed by atoms with van der Waals surface area (Å²) in [5.74, 6) is -1.36. The molecule has 0 atom stereocenters. The lowest BCUT2D eigenvalue weighted by Gasteiger charge is -2.13. The highest BCUT2D eigenvalue weighted by atomic mass is 16.6. The molecular formula is C21H20N4O8. The van der Waals surface area contributed by atoms with Crippen LogP contribution in [0, 0.1) is 20.2 Å². The smallest absolute Gasteiger partial charge is 0.282 e. The van der Waals surface area contributed by atoms with Crippen molar-refractivity contribution in [1.29, 1.82) is 0 Å². The second-order valence-electron chi connectivity index (χ2n) is 7.22. The average Bonchev–Trinajstić information content (AvgIpc) is 3.03. The maximum absolute atomic E-state index is 12.5. The summed E-state index contributed by atoms with van der Waals surface area (Å²) in [7, 11) is 1.38. The highest BCUT2D eigenvalue weighted by Gasteiger charge is 2.40. The number of carbonyl (C=O) groups excluding carboxylic acids is 3. The lowest BCUT2D eigenvalue weighted by atomic mass is 10.1. The largest absolute Gasteiger partial charge is 0.495 e. The van der Waals surface area contributed by atoms with Crippen LogP contribution in [0.3, 0.4) is 0 Å². The molecule has 1 heterocycles. The molecule has 0 unspecified atom stereocenters. The number of amides is 3. The molecule has 1 N–H and O–H groups in total. The molecule has 0 saturated carbocycles. The summed E-state index contributed by atoms with van der Waals surface area (Å²) in [5.41, 5.74) is -0.588. The minimum absolute atomic E-state index is 0.0134. The second-order valence-corrected chi connectivity index (χ2v) is 7.22. The van der Waals surface area contributed by atoms with E-state index in [4.69, 9.17) is 4.74 Å². The zero-order valence-electron chi connectivity index (χ0n) is 17.6. The monoisotopic (exact) mass is 456 g/mol. The van der Waals surface area contributed by atoms with Crippen LogP contribution in [0.1, 0.15) is 46.4 Å². The lowest BCUT2D eigenvalue weighted by Crippen LogP contribution is -2.30. The summed E-state index contributed by atoms with van der Waals surface area (Å²) in [6.45, 7) is 0.0732. The van der Waals surface area contributed by atoms with Crippen molar-refractivity contribution in [2.45, 2.75) is 25.7 Å². The summed E-state index contributed by atoms with van der Waals surface area (Å²) in [5, 5.41) is 24.7. The number of nitrogens with one attached hydrogen (secondary N) is 1. The predicted molar refractivity (Wildman–Crippen MR) is 115 cm³/mol. The number of methoxy groups -OCH3 is 1. The first-order valence-electron chi connectivity index (χ1n) is 10.0. The number of nitro benzene ring substituents is 2. The van der Waals surface area contributed by atoms with Crippen molar-refractivity contribution in [3.8, 4) is 5.75 Å². The molecule has 2 aromatic rings. The number of benzene rings is 2. The summed E-state index contributed by atoms with van der Waals surface area (Å²) >= 11 is 0. The van der Waals surface area contributed by atoms with Crippen molar-refractivity contribution in [2.75, 3.05) is 19.0 Å². The molecule has 3 amide bonds. The number of nitrogens with zero attached hydrogens (tertiary/aromatic N) is 3. The van der Waals surface area contributed by atoms with Gasteiger partial charge in [0.25, 0.3) is 23.2 Å². The zero-order valence-corrected chi connectivity index (χ0v) is 17.6. The molecule has 0 fully saturated rings. The number of ether oxygens (including phenoxy) is 1. The number of hydrogen-bond donors (Lipinski definition) is 1. The number of rotatable bonds is 10. The molecule has 0 saturated heterocycles. The molecule has 2 aromatic carbocycles. The van der Waals surface area contributed by atoms with Crippen LogP contribution in [0.15, 0.2) is 36.4 Å². The molecule has 12 heteroatoms. The number of hydrogen-bond acceptors (Lipinski definition) is 8. The van der Waals surface area contributed by atoms with Crippen molar-refractivity contribution in [3.05, 3.63) is 67.8 Å². The van der Waals surface area contributed by atoms with Gasteiger partial charge in [0.2, 0.25) is 5.91 Å². The van der Waals surface area contributed by atoms with Gasteiger partial charge < -0.3 is 10.1 Å². The number of unbranched alkanes of at least 4 members (excludes halogenated alkanes) is 2. The summed E-state index contributed by atoms with van der Waals surface area (Å²) < 4.78 is 5.10. The van der Waals surface area contributed by atoms with Gasteiger partial charge in [-0.1, -0.05) is 12.5 Å². The third kappa shape index (κ3) is 4.95. The van der Waals surface area contributed by atoms with Crippen LogP contribution < -0.4 is 10.1 Å². The number of anilines is 1. The van der Waals surface area contributed by atoms with Crippen molar-refractivity contribution in [3.63, 3.8) is 0 Å². The molecule has 0 radical (unpaired) electrons. The minimum atomic E-state index is -0.696. The normalized spacial score (nSPS) is 12.5. The van der Waals surface area contributed by atoms with Gasteiger partial charge >= 0.3 is 0 Å². The number of nitro groups is 2. The number of non-ortho nitro benzene ring substituents is 1. The Balaban J connectivity index is 1.50. The van der Waals surface area contributed by atoms with Gasteiger partial charge in [0, 0.05) is 31.2 Å². The van der Waals surface area contributed by atoms with Crippen LogP contribution in [0.25, 0.3) is 0 Å². The van der Waals surface area contributed by atoms with Crippen LogP contribution >= 0.6 is 0 Å². The van der Waals surface area contributed by atoms with E-state index in [0.29, 0.717) is 19.3 Å². The molecule has 172 valence electrons. The molecule has 1 aliphatic rings. The Kier molecular flexibility index (Phi) is 6.96.